The quantitative estimate of drug-likeness (QED) is 0.442. The number of rotatable bonds is 6. The van der Waals surface area contributed by atoms with Gasteiger partial charge >= 0.3 is 6.03 Å². The minimum absolute atomic E-state index is 0.0125. The molecule has 4 N–H and O–H groups in total. The van der Waals surface area contributed by atoms with Gasteiger partial charge in [0.05, 0.1) is 11.4 Å². The second-order valence-corrected chi connectivity index (χ2v) is 7.98. The van der Waals surface area contributed by atoms with Crippen LogP contribution in [0.4, 0.5) is 4.79 Å². The second-order valence-electron chi connectivity index (χ2n) is 6.09. The van der Waals surface area contributed by atoms with Crippen molar-refractivity contribution in [3.8, 4) is 0 Å². The molecule has 28 heavy (non-hydrogen) atoms. The average molecular weight is 406 g/mol. The topological polar surface area (TPSA) is 151 Å². The molecule has 12 heteroatoms. The van der Waals surface area contributed by atoms with Crippen LogP contribution in [-0.4, -0.2) is 49.4 Å². The molecule has 2 heterocycles. The van der Waals surface area contributed by atoms with Crippen molar-refractivity contribution < 1.29 is 22.8 Å². The van der Waals surface area contributed by atoms with E-state index in [4.69, 9.17) is 0 Å². The van der Waals surface area contributed by atoms with Crippen molar-refractivity contribution in [2.45, 2.75) is 10.4 Å². The third kappa shape index (κ3) is 3.34. The summed E-state index contributed by atoms with van der Waals surface area (Å²) < 4.78 is 27.2. The van der Waals surface area contributed by atoms with Gasteiger partial charge in [0.15, 0.2) is 5.54 Å². The highest BCUT2D eigenvalue weighted by atomic mass is 32.2. The summed E-state index contributed by atoms with van der Waals surface area (Å²) in [4.78, 5) is 40.7. The minimum atomic E-state index is -3.62. The number of benzene rings is 1. The molecular weight excluding hydrogens is 388 g/mol. The molecule has 1 saturated heterocycles. The fourth-order valence-corrected chi connectivity index (χ4v) is 3.58. The lowest BCUT2D eigenvalue weighted by atomic mass is 9.98. The van der Waals surface area contributed by atoms with Gasteiger partial charge in [-0.1, -0.05) is 0 Å². The van der Waals surface area contributed by atoms with Crippen LogP contribution >= 0.6 is 0 Å². The van der Waals surface area contributed by atoms with Crippen molar-refractivity contribution in [1.29, 1.82) is 0 Å². The van der Waals surface area contributed by atoms with Crippen LogP contribution in [0.1, 0.15) is 16.2 Å². The Labute approximate surface area is 160 Å². The number of nitrogens with one attached hydrogen (secondary N) is 4. The van der Waals surface area contributed by atoms with Crippen LogP contribution in [0.2, 0.25) is 0 Å². The van der Waals surface area contributed by atoms with Crippen molar-refractivity contribution in [2.75, 3.05) is 13.6 Å². The van der Waals surface area contributed by atoms with Gasteiger partial charge in [0, 0.05) is 25.0 Å². The molecule has 2 aromatic rings. The van der Waals surface area contributed by atoms with E-state index in [1.54, 1.807) is 17.8 Å². The maximum atomic E-state index is 12.5. The average Bonchev–Trinajstić information content (AvgIpc) is 3.22. The largest absolute Gasteiger partial charge is 0.349 e. The molecule has 1 unspecified atom stereocenters. The lowest BCUT2D eigenvalue weighted by Gasteiger charge is -2.25. The van der Waals surface area contributed by atoms with Gasteiger partial charge in [0.25, 0.3) is 11.8 Å². The smallest absolute Gasteiger partial charge is 0.322 e. The van der Waals surface area contributed by atoms with Crippen molar-refractivity contribution in [3.05, 3.63) is 48.0 Å². The molecule has 1 aliphatic rings. The van der Waals surface area contributed by atoms with E-state index in [0.717, 1.165) is 0 Å². The Kier molecular flexibility index (Phi) is 4.91. The molecule has 1 aliphatic heterocycles. The van der Waals surface area contributed by atoms with Crippen molar-refractivity contribution in [2.24, 2.45) is 7.05 Å². The second kappa shape index (κ2) is 7.05. The van der Waals surface area contributed by atoms with Crippen LogP contribution in [-0.2, 0) is 27.4 Å². The molecule has 3 rings (SSSR count). The van der Waals surface area contributed by atoms with Crippen LogP contribution in [0, 0.1) is 0 Å². The van der Waals surface area contributed by atoms with Gasteiger partial charge in [-0.15, -0.1) is 0 Å². The SMILES string of the molecule is CNS(=O)(=O)c1ccc(C(=O)NCC2(c3nccn3C)NC(=O)NC2=O)cc1. The van der Waals surface area contributed by atoms with Gasteiger partial charge in [0.1, 0.15) is 5.82 Å². The highest BCUT2D eigenvalue weighted by Crippen LogP contribution is 2.22. The number of hydrogen-bond donors (Lipinski definition) is 4. The molecule has 148 valence electrons. The lowest BCUT2D eigenvalue weighted by Crippen LogP contribution is -2.54. The Morgan fingerprint density at radius 3 is 2.43 bits per heavy atom. The van der Waals surface area contributed by atoms with E-state index in [-0.39, 0.29) is 22.8 Å². The molecule has 1 fully saturated rings. The number of carbonyl (C=O) groups excluding carboxylic acids is 3. The number of aromatic nitrogens is 2. The first-order chi connectivity index (χ1) is 13.2. The molecule has 1 aromatic carbocycles. The molecule has 0 aliphatic carbocycles. The van der Waals surface area contributed by atoms with E-state index in [0.29, 0.717) is 0 Å². The number of imide groups is 1. The van der Waals surface area contributed by atoms with Crippen LogP contribution in [0.3, 0.4) is 0 Å². The number of aryl methyl sites for hydroxylation is 1. The van der Waals surface area contributed by atoms with Gasteiger partial charge in [-0.2, -0.15) is 0 Å². The van der Waals surface area contributed by atoms with Crippen LogP contribution in [0.25, 0.3) is 0 Å². The van der Waals surface area contributed by atoms with E-state index >= 15 is 0 Å². The maximum absolute atomic E-state index is 12.5. The molecule has 1 aromatic heterocycles. The fraction of sp³-hybridized carbons (Fsp3) is 0.250. The van der Waals surface area contributed by atoms with Gasteiger partial charge in [-0.25, -0.2) is 22.9 Å². The van der Waals surface area contributed by atoms with Crippen molar-refractivity contribution in [3.63, 3.8) is 0 Å². The molecule has 0 radical (unpaired) electrons. The van der Waals surface area contributed by atoms with E-state index in [2.05, 4.69) is 25.7 Å². The first-order valence-electron chi connectivity index (χ1n) is 8.13. The lowest BCUT2D eigenvalue weighted by molar-refractivity contribution is -0.124. The van der Waals surface area contributed by atoms with Gasteiger partial charge in [-0.05, 0) is 31.3 Å². The first-order valence-corrected chi connectivity index (χ1v) is 9.61. The predicted octanol–water partition coefficient (Wildman–Crippen LogP) is -1.21. The van der Waals surface area contributed by atoms with Gasteiger partial charge in [-0.3, -0.25) is 14.9 Å². The number of sulfonamides is 1. The minimum Gasteiger partial charge on any atom is -0.349 e. The summed E-state index contributed by atoms with van der Waals surface area (Å²) in [7, 11) is -0.674. The highest BCUT2D eigenvalue weighted by molar-refractivity contribution is 7.89. The van der Waals surface area contributed by atoms with Crippen molar-refractivity contribution in [1.82, 2.24) is 30.2 Å². The van der Waals surface area contributed by atoms with Gasteiger partial charge in [0.2, 0.25) is 10.0 Å². The number of carbonyl (C=O) groups is 3. The zero-order valence-corrected chi connectivity index (χ0v) is 15.8. The number of imidazole rings is 1. The van der Waals surface area contributed by atoms with E-state index in [1.807, 2.05) is 0 Å². The van der Waals surface area contributed by atoms with E-state index < -0.39 is 33.4 Å². The molecule has 4 amide bonds. The third-order valence-electron chi connectivity index (χ3n) is 4.35. The Morgan fingerprint density at radius 1 is 1.25 bits per heavy atom. The highest BCUT2D eigenvalue weighted by Gasteiger charge is 2.50. The van der Waals surface area contributed by atoms with E-state index in [9.17, 15) is 22.8 Å². The summed E-state index contributed by atoms with van der Waals surface area (Å²) in [5.74, 6) is -0.926. The molecule has 0 saturated carbocycles. The standard InChI is InChI=1S/C16H18N6O5S/c1-17-28(26,27)11-5-3-10(4-6-11)12(23)19-9-16(13-18-7-8-22(13)2)14(24)20-15(25)21-16/h3-8,17H,9H2,1-2H3,(H,19,23)(H2,20,21,24,25). The summed E-state index contributed by atoms with van der Waals surface area (Å²) in [6, 6.07) is 4.59. The summed E-state index contributed by atoms with van der Waals surface area (Å²) >= 11 is 0. The number of amides is 4. The summed E-state index contributed by atoms with van der Waals surface area (Å²) in [5.41, 5.74) is -1.37. The predicted molar refractivity (Wildman–Crippen MR) is 96.6 cm³/mol. The zero-order valence-electron chi connectivity index (χ0n) is 15.0. The number of urea groups is 1. The zero-order chi connectivity index (χ0) is 20.5. The Bertz CT molecular complexity index is 1050. The molecule has 0 bridgehead atoms. The van der Waals surface area contributed by atoms with E-state index in [1.165, 1.54) is 37.5 Å². The number of hydrogen-bond acceptors (Lipinski definition) is 6. The van der Waals surface area contributed by atoms with Crippen LogP contribution < -0.4 is 20.7 Å². The molecular formula is C16H18N6O5S. The first kappa shape index (κ1) is 19.5. The van der Waals surface area contributed by atoms with Crippen molar-refractivity contribution >= 4 is 27.9 Å². The maximum Gasteiger partial charge on any atom is 0.322 e. The van der Waals surface area contributed by atoms with Crippen LogP contribution in [0.5, 0.6) is 0 Å². The summed E-state index contributed by atoms with van der Waals surface area (Å²) in [5, 5.41) is 7.26. The molecule has 1 atom stereocenters. The Morgan fingerprint density at radius 2 is 1.93 bits per heavy atom. The monoisotopic (exact) mass is 406 g/mol. The molecule has 0 spiro atoms. The summed E-state index contributed by atoms with van der Waals surface area (Å²) in [6.07, 6.45) is 3.08. The van der Waals surface area contributed by atoms with Gasteiger partial charge < -0.3 is 15.2 Å². The summed E-state index contributed by atoms with van der Waals surface area (Å²) in [6.45, 7) is -0.245. The third-order valence-corrected chi connectivity index (χ3v) is 5.78. The number of nitrogens with zero attached hydrogens (tertiary/aromatic N) is 2. The van der Waals surface area contributed by atoms with Crippen LogP contribution in [0.15, 0.2) is 41.6 Å². The molecule has 11 nitrogen and oxygen atoms in total. The Hall–Kier alpha value is -3.25. The normalized spacial score (nSPS) is 19.2. The fourth-order valence-electron chi connectivity index (χ4n) is 2.85. The Balaban J connectivity index is 1.81.